The van der Waals surface area contributed by atoms with E-state index in [1.807, 2.05) is 33.2 Å². The van der Waals surface area contributed by atoms with Crippen molar-refractivity contribution in [1.29, 1.82) is 0 Å². The van der Waals surface area contributed by atoms with E-state index in [0.717, 1.165) is 42.6 Å². The van der Waals surface area contributed by atoms with Crippen LogP contribution in [0.3, 0.4) is 0 Å². The van der Waals surface area contributed by atoms with E-state index < -0.39 is 34.3 Å². The normalized spacial score (nSPS) is 16.2. The van der Waals surface area contributed by atoms with Crippen molar-refractivity contribution in [2.24, 2.45) is 0 Å². The molecule has 0 spiro atoms. The number of sulfonamides is 1. The Bertz CT molecular complexity index is 1330. The predicted octanol–water partition coefficient (Wildman–Crippen LogP) is 5.17. The Balaban J connectivity index is 2.11. The summed E-state index contributed by atoms with van der Waals surface area (Å²) in [4.78, 5) is 29.4. The molecule has 2 aromatic carbocycles. The van der Waals surface area contributed by atoms with E-state index in [4.69, 9.17) is 0 Å². The van der Waals surface area contributed by atoms with Crippen molar-refractivity contribution < 1.29 is 26.9 Å². The van der Waals surface area contributed by atoms with Gasteiger partial charge in [-0.1, -0.05) is 55.5 Å². The zero-order valence-corrected chi connectivity index (χ0v) is 24.0. The summed E-state index contributed by atoms with van der Waals surface area (Å²) in [5.41, 5.74) is 1.12. The molecule has 1 aliphatic carbocycles. The smallest absolute Gasteiger partial charge is 0.288 e. The zero-order chi connectivity index (χ0) is 28.8. The number of hydrogen-bond donors (Lipinski definition) is 1. The molecule has 0 heterocycles. The summed E-state index contributed by atoms with van der Waals surface area (Å²) in [5, 5.41) is 0. The van der Waals surface area contributed by atoms with Gasteiger partial charge in [0.2, 0.25) is 15.9 Å². The lowest BCUT2D eigenvalue weighted by atomic mass is 9.90. The molecule has 1 saturated carbocycles. The summed E-state index contributed by atoms with van der Waals surface area (Å²) in [6, 6.07) is 13.7. The molecular formula is C30H39FN3O4S+. The van der Waals surface area contributed by atoms with Crippen LogP contribution in [-0.2, 0) is 19.6 Å². The van der Waals surface area contributed by atoms with Crippen LogP contribution < -0.4 is 4.72 Å². The maximum Gasteiger partial charge on any atom is 0.341 e. The van der Waals surface area contributed by atoms with Gasteiger partial charge >= 0.3 is 5.91 Å². The minimum Gasteiger partial charge on any atom is -0.288 e. The second-order valence-corrected chi connectivity index (χ2v) is 12.2. The molecule has 2 aromatic rings. The average Bonchev–Trinajstić information content (AvgIpc) is 2.93. The van der Waals surface area contributed by atoms with Crippen molar-refractivity contribution in [2.45, 2.75) is 62.9 Å². The lowest BCUT2D eigenvalue weighted by molar-refractivity contribution is -0.843. The molecule has 1 aliphatic rings. The minimum atomic E-state index is -4.03. The van der Waals surface area contributed by atoms with Crippen LogP contribution in [0.25, 0.3) is 0 Å². The number of carbonyl (C=O) groups excluding carboxylic acids is 2. The molecule has 1 fully saturated rings. The Morgan fingerprint density at radius 3 is 2.23 bits per heavy atom. The molecule has 7 nitrogen and oxygen atoms in total. The van der Waals surface area contributed by atoms with Gasteiger partial charge in [-0.15, -0.1) is 0 Å². The zero-order valence-electron chi connectivity index (χ0n) is 23.2. The Morgan fingerprint density at radius 1 is 1.08 bits per heavy atom. The first kappa shape index (κ1) is 30.4. The molecule has 0 saturated heterocycles. The predicted molar refractivity (Wildman–Crippen MR) is 150 cm³/mol. The molecule has 0 radical (unpaired) electrons. The summed E-state index contributed by atoms with van der Waals surface area (Å²) in [7, 11) is -0.353. The Hall–Kier alpha value is -3.14. The molecule has 0 bridgehead atoms. The summed E-state index contributed by atoms with van der Waals surface area (Å²) in [6.07, 6.45) is 6.08. The molecule has 9 heteroatoms. The van der Waals surface area contributed by atoms with Crippen molar-refractivity contribution in [1.82, 2.24) is 9.62 Å². The van der Waals surface area contributed by atoms with Crippen LogP contribution in [0.5, 0.6) is 0 Å². The average molecular weight is 557 g/mol. The summed E-state index contributed by atoms with van der Waals surface area (Å²) < 4.78 is 43.0. The standard InChI is InChI=1S/C30H39FN3O4S/c1-6-27(23(3)31)33(28(35)21-32-39(37,38)25-18-11-8-12-19-25)29(26-20-14-13-15-22(26)2)30(36)34(4,5)24-16-9-7-10-17-24/h6,8,11-15,18-20,24,29,32H,1,7,9-10,16-17,21H2,2-5H3/q+1. The third-order valence-corrected chi connectivity index (χ3v) is 8.99. The second kappa shape index (κ2) is 12.8. The first-order chi connectivity index (χ1) is 18.4. The number of likely N-dealkylation sites (N-methyl/N-ethyl adjacent to an activating group) is 1. The van der Waals surface area contributed by atoms with Gasteiger partial charge in [-0.25, -0.2) is 22.3 Å². The lowest BCUT2D eigenvalue weighted by Gasteiger charge is -2.42. The van der Waals surface area contributed by atoms with Gasteiger partial charge in [0.05, 0.1) is 37.3 Å². The summed E-state index contributed by atoms with van der Waals surface area (Å²) >= 11 is 0. The molecule has 1 unspecified atom stereocenters. The van der Waals surface area contributed by atoms with Crippen molar-refractivity contribution in [2.75, 3.05) is 20.6 Å². The van der Waals surface area contributed by atoms with Crippen LogP contribution in [0.15, 0.2) is 83.7 Å². The van der Waals surface area contributed by atoms with Gasteiger partial charge in [0.25, 0.3) is 0 Å². The maximum atomic E-state index is 15.0. The van der Waals surface area contributed by atoms with Gasteiger partial charge in [-0.3, -0.25) is 14.2 Å². The number of halogens is 1. The number of amides is 2. The van der Waals surface area contributed by atoms with E-state index in [-0.39, 0.29) is 27.0 Å². The molecule has 1 atom stereocenters. The maximum absolute atomic E-state index is 15.0. The topological polar surface area (TPSA) is 83.6 Å². The SMILES string of the molecule is C=CC(=C(C)F)N(C(=O)CNS(=O)(=O)c1ccccc1)C(C(=O)[N+](C)(C)C1CCCCC1)c1ccccc1C. The minimum absolute atomic E-state index is 0.00728. The van der Waals surface area contributed by atoms with E-state index in [1.54, 1.807) is 30.3 Å². The highest BCUT2D eigenvalue weighted by Crippen LogP contribution is 2.36. The number of nitrogens with one attached hydrogen (secondary N) is 1. The number of nitrogens with zero attached hydrogens (tertiary/aromatic N) is 2. The molecular weight excluding hydrogens is 517 g/mol. The number of hydrogen-bond acceptors (Lipinski definition) is 4. The number of aryl methyl sites for hydroxylation is 1. The van der Waals surface area contributed by atoms with Crippen molar-refractivity contribution in [3.8, 4) is 0 Å². The molecule has 210 valence electrons. The Kier molecular flexibility index (Phi) is 9.98. The van der Waals surface area contributed by atoms with Gasteiger partial charge in [-0.05, 0) is 68.9 Å². The van der Waals surface area contributed by atoms with Crippen LogP contribution in [0.4, 0.5) is 4.39 Å². The monoisotopic (exact) mass is 556 g/mol. The summed E-state index contributed by atoms with van der Waals surface area (Å²) in [6.45, 7) is 6.05. The number of quaternary nitrogens is 1. The molecule has 39 heavy (non-hydrogen) atoms. The van der Waals surface area contributed by atoms with Gasteiger partial charge in [0.1, 0.15) is 5.83 Å². The van der Waals surface area contributed by atoms with Crippen LogP contribution in [0.2, 0.25) is 0 Å². The van der Waals surface area contributed by atoms with Gasteiger partial charge in [-0.2, -0.15) is 0 Å². The fourth-order valence-corrected chi connectivity index (χ4v) is 6.24. The largest absolute Gasteiger partial charge is 0.341 e. The molecule has 0 aliphatic heterocycles. The fourth-order valence-electron chi connectivity index (χ4n) is 5.25. The molecule has 1 N–H and O–H groups in total. The van der Waals surface area contributed by atoms with Crippen molar-refractivity contribution in [3.63, 3.8) is 0 Å². The third-order valence-electron chi connectivity index (χ3n) is 7.57. The van der Waals surface area contributed by atoms with E-state index in [0.29, 0.717) is 5.56 Å². The van der Waals surface area contributed by atoms with E-state index >= 15 is 0 Å². The van der Waals surface area contributed by atoms with Crippen LogP contribution >= 0.6 is 0 Å². The Labute approximate surface area is 231 Å². The molecule has 0 aromatic heterocycles. The van der Waals surface area contributed by atoms with E-state index in [2.05, 4.69) is 11.3 Å². The number of allylic oxidation sites excluding steroid dienone is 2. The van der Waals surface area contributed by atoms with E-state index in [1.165, 1.54) is 25.1 Å². The lowest BCUT2D eigenvalue weighted by Crippen LogP contribution is -2.59. The first-order valence-electron chi connectivity index (χ1n) is 13.2. The Morgan fingerprint density at radius 2 is 1.67 bits per heavy atom. The molecule has 3 rings (SSSR count). The number of rotatable bonds is 10. The van der Waals surface area contributed by atoms with Crippen LogP contribution in [0, 0.1) is 6.92 Å². The second-order valence-electron chi connectivity index (χ2n) is 10.5. The van der Waals surface area contributed by atoms with Gasteiger partial charge in [0.15, 0.2) is 6.04 Å². The first-order valence-corrected chi connectivity index (χ1v) is 14.7. The third kappa shape index (κ3) is 6.90. The highest BCUT2D eigenvalue weighted by molar-refractivity contribution is 7.89. The van der Waals surface area contributed by atoms with Crippen molar-refractivity contribution in [3.05, 3.63) is 89.9 Å². The van der Waals surface area contributed by atoms with Crippen molar-refractivity contribution >= 4 is 21.8 Å². The van der Waals surface area contributed by atoms with Gasteiger partial charge in [0, 0.05) is 0 Å². The van der Waals surface area contributed by atoms with E-state index in [9.17, 15) is 22.4 Å². The number of carbonyl (C=O) groups is 2. The fraction of sp³-hybridized carbons (Fsp3) is 0.400. The molecule has 2 amide bonds. The number of benzene rings is 2. The highest BCUT2D eigenvalue weighted by atomic mass is 32.2. The van der Waals surface area contributed by atoms with Crippen LogP contribution in [-0.4, -0.2) is 56.3 Å². The van der Waals surface area contributed by atoms with Gasteiger partial charge < -0.3 is 0 Å². The van der Waals surface area contributed by atoms with Crippen LogP contribution in [0.1, 0.15) is 56.2 Å². The quantitative estimate of drug-likeness (QED) is 0.324. The highest BCUT2D eigenvalue weighted by Gasteiger charge is 2.46. The summed E-state index contributed by atoms with van der Waals surface area (Å²) in [5.74, 6) is -1.76.